The van der Waals surface area contributed by atoms with Gasteiger partial charge in [-0.15, -0.1) is 0 Å². The number of hydrogen-bond donors (Lipinski definition) is 2. The lowest BCUT2D eigenvalue weighted by Gasteiger charge is -2.30. The predicted octanol–water partition coefficient (Wildman–Crippen LogP) is 1.81. The fourth-order valence-electron chi connectivity index (χ4n) is 2.26. The highest BCUT2D eigenvalue weighted by molar-refractivity contribution is 5.81. The molecule has 0 aromatic carbocycles. The van der Waals surface area contributed by atoms with Gasteiger partial charge in [0.1, 0.15) is 0 Å². The minimum Gasteiger partial charge on any atom is -0.352 e. The molecule has 0 aromatic heterocycles. The van der Waals surface area contributed by atoms with Gasteiger partial charge in [0, 0.05) is 6.04 Å². The highest BCUT2D eigenvalue weighted by Gasteiger charge is 2.24. The van der Waals surface area contributed by atoms with E-state index in [1.54, 1.807) is 0 Å². The van der Waals surface area contributed by atoms with Crippen molar-refractivity contribution in [1.82, 2.24) is 5.32 Å². The Morgan fingerprint density at radius 3 is 2.73 bits per heavy atom. The van der Waals surface area contributed by atoms with Gasteiger partial charge in [-0.2, -0.15) is 0 Å². The van der Waals surface area contributed by atoms with Crippen LogP contribution in [0.5, 0.6) is 0 Å². The molecule has 3 N–H and O–H groups in total. The summed E-state index contributed by atoms with van der Waals surface area (Å²) in [6.45, 7) is 4.27. The quantitative estimate of drug-likeness (QED) is 0.746. The minimum absolute atomic E-state index is 0.0376. The summed E-state index contributed by atoms with van der Waals surface area (Å²) in [6, 6.07) is 0.0401. The number of nitrogens with one attached hydrogen (secondary N) is 1. The smallest absolute Gasteiger partial charge is 0.237 e. The van der Waals surface area contributed by atoms with Crippen molar-refractivity contribution in [1.29, 1.82) is 0 Å². The van der Waals surface area contributed by atoms with Crippen LogP contribution in [0.4, 0.5) is 0 Å². The molecule has 0 radical (unpaired) electrons. The summed E-state index contributed by atoms with van der Waals surface area (Å²) in [5, 5.41) is 3.09. The SMILES string of the molecule is CCC[C@H](N)C(=O)NC1CCCCC1C. The second kappa shape index (κ2) is 6.11. The maximum absolute atomic E-state index is 11.7. The van der Waals surface area contributed by atoms with Gasteiger partial charge in [-0.05, 0) is 25.2 Å². The molecule has 3 atom stereocenters. The van der Waals surface area contributed by atoms with Gasteiger partial charge in [0.05, 0.1) is 6.04 Å². The van der Waals surface area contributed by atoms with Crippen LogP contribution in [0.15, 0.2) is 0 Å². The van der Waals surface area contributed by atoms with E-state index in [-0.39, 0.29) is 11.9 Å². The van der Waals surface area contributed by atoms with Crippen LogP contribution in [0, 0.1) is 5.92 Å². The fraction of sp³-hybridized carbons (Fsp3) is 0.917. The molecule has 1 saturated carbocycles. The largest absolute Gasteiger partial charge is 0.352 e. The van der Waals surface area contributed by atoms with Crippen molar-refractivity contribution in [2.75, 3.05) is 0 Å². The molecule has 1 amide bonds. The summed E-state index contributed by atoms with van der Waals surface area (Å²) < 4.78 is 0. The zero-order valence-corrected chi connectivity index (χ0v) is 9.96. The molecule has 2 unspecified atom stereocenters. The normalized spacial score (nSPS) is 28.5. The highest BCUT2D eigenvalue weighted by atomic mass is 16.2. The van der Waals surface area contributed by atoms with Crippen LogP contribution in [0.3, 0.4) is 0 Å². The monoisotopic (exact) mass is 212 g/mol. The van der Waals surface area contributed by atoms with E-state index in [0.29, 0.717) is 12.0 Å². The third-order valence-electron chi connectivity index (χ3n) is 3.38. The maximum atomic E-state index is 11.7. The molecule has 0 heterocycles. The van der Waals surface area contributed by atoms with Crippen LogP contribution in [0.1, 0.15) is 52.4 Å². The van der Waals surface area contributed by atoms with Crippen LogP contribution >= 0.6 is 0 Å². The van der Waals surface area contributed by atoms with Crippen molar-refractivity contribution in [3.8, 4) is 0 Å². The number of carbonyl (C=O) groups excluding carboxylic acids is 1. The van der Waals surface area contributed by atoms with E-state index < -0.39 is 0 Å². The lowest BCUT2D eigenvalue weighted by atomic mass is 9.86. The Labute approximate surface area is 92.8 Å². The zero-order chi connectivity index (χ0) is 11.3. The molecule has 1 aliphatic carbocycles. The summed E-state index contributed by atoms with van der Waals surface area (Å²) in [6.07, 6.45) is 6.63. The van der Waals surface area contributed by atoms with Gasteiger partial charge < -0.3 is 11.1 Å². The minimum atomic E-state index is -0.316. The van der Waals surface area contributed by atoms with Crippen molar-refractivity contribution in [2.45, 2.75) is 64.5 Å². The summed E-state index contributed by atoms with van der Waals surface area (Å²) in [4.78, 5) is 11.7. The first-order chi connectivity index (χ1) is 7.15. The van der Waals surface area contributed by atoms with E-state index in [1.807, 2.05) is 0 Å². The molecule has 1 rings (SSSR count). The molecule has 0 aromatic rings. The van der Waals surface area contributed by atoms with E-state index >= 15 is 0 Å². The highest BCUT2D eigenvalue weighted by Crippen LogP contribution is 2.23. The predicted molar refractivity (Wildman–Crippen MR) is 62.4 cm³/mol. The molecule has 3 nitrogen and oxygen atoms in total. The summed E-state index contributed by atoms with van der Waals surface area (Å²) in [5.74, 6) is 0.645. The van der Waals surface area contributed by atoms with E-state index in [2.05, 4.69) is 19.2 Å². The van der Waals surface area contributed by atoms with Crippen molar-refractivity contribution in [2.24, 2.45) is 11.7 Å². The van der Waals surface area contributed by atoms with Gasteiger partial charge in [-0.1, -0.05) is 33.1 Å². The van der Waals surface area contributed by atoms with Gasteiger partial charge in [-0.25, -0.2) is 0 Å². The standard InChI is InChI=1S/C12H24N2O/c1-3-6-10(13)12(15)14-11-8-5-4-7-9(11)2/h9-11H,3-8,13H2,1-2H3,(H,14,15)/t9?,10-,11?/m0/s1. The first-order valence-electron chi connectivity index (χ1n) is 6.21. The van der Waals surface area contributed by atoms with E-state index in [4.69, 9.17) is 5.73 Å². The average molecular weight is 212 g/mol. The summed E-state index contributed by atoms with van der Waals surface area (Å²) in [5.41, 5.74) is 5.78. The van der Waals surface area contributed by atoms with Crippen molar-refractivity contribution in [3.63, 3.8) is 0 Å². The first-order valence-corrected chi connectivity index (χ1v) is 6.21. The summed E-state index contributed by atoms with van der Waals surface area (Å²) >= 11 is 0. The average Bonchev–Trinajstić information content (AvgIpc) is 2.21. The van der Waals surface area contributed by atoms with Crippen LogP contribution < -0.4 is 11.1 Å². The van der Waals surface area contributed by atoms with Crippen molar-refractivity contribution >= 4 is 5.91 Å². The second-order valence-corrected chi connectivity index (χ2v) is 4.77. The molecule has 88 valence electrons. The number of rotatable bonds is 4. The lowest BCUT2D eigenvalue weighted by molar-refractivity contribution is -0.123. The zero-order valence-electron chi connectivity index (χ0n) is 9.96. The second-order valence-electron chi connectivity index (χ2n) is 4.77. The number of amides is 1. The van der Waals surface area contributed by atoms with E-state index in [9.17, 15) is 4.79 Å². The number of carbonyl (C=O) groups is 1. The molecule has 0 aliphatic heterocycles. The van der Waals surface area contributed by atoms with Gasteiger partial charge in [0.25, 0.3) is 0 Å². The molecular formula is C12H24N2O. The Kier molecular flexibility index (Phi) is 5.09. The molecule has 15 heavy (non-hydrogen) atoms. The Morgan fingerprint density at radius 2 is 2.13 bits per heavy atom. The van der Waals surface area contributed by atoms with Gasteiger partial charge >= 0.3 is 0 Å². The van der Waals surface area contributed by atoms with Crippen molar-refractivity contribution < 1.29 is 4.79 Å². The lowest BCUT2D eigenvalue weighted by Crippen LogP contribution is -2.48. The Balaban J connectivity index is 2.35. The van der Waals surface area contributed by atoms with Gasteiger partial charge in [0.15, 0.2) is 0 Å². The third-order valence-corrected chi connectivity index (χ3v) is 3.38. The topological polar surface area (TPSA) is 55.1 Å². The van der Waals surface area contributed by atoms with Crippen LogP contribution in [0.2, 0.25) is 0 Å². The third kappa shape index (κ3) is 3.82. The van der Waals surface area contributed by atoms with E-state index in [0.717, 1.165) is 19.3 Å². The van der Waals surface area contributed by atoms with Gasteiger partial charge in [-0.3, -0.25) is 4.79 Å². The summed E-state index contributed by atoms with van der Waals surface area (Å²) in [7, 11) is 0. The molecule has 1 aliphatic rings. The van der Waals surface area contributed by atoms with Crippen LogP contribution in [0.25, 0.3) is 0 Å². The van der Waals surface area contributed by atoms with Crippen LogP contribution in [-0.4, -0.2) is 18.0 Å². The van der Waals surface area contributed by atoms with Crippen LogP contribution in [-0.2, 0) is 4.79 Å². The molecule has 0 spiro atoms. The molecule has 0 bridgehead atoms. The Hall–Kier alpha value is -0.570. The molecule has 1 fully saturated rings. The number of hydrogen-bond acceptors (Lipinski definition) is 2. The number of nitrogens with two attached hydrogens (primary N) is 1. The molecule has 0 saturated heterocycles. The maximum Gasteiger partial charge on any atom is 0.237 e. The molecular weight excluding hydrogens is 188 g/mol. The molecule has 3 heteroatoms. The fourth-order valence-corrected chi connectivity index (χ4v) is 2.26. The van der Waals surface area contributed by atoms with Crippen molar-refractivity contribution in [3.05, 3.63) is 0 Å². The van der Waals surface area contributed by atoms with Gasteiger partial charge in [0.2, 0.25) is 5.91 Å². The Morgan fingerprint density at radius 1 is 1.47 bits per heavy atom. The first kappa shape index (κ1) is 12.5. The Bertz CT molecular complexity index is 206. The van der Waals surface area contributed by atoms with E-state index in [1.165, 1.54) is 19.3 Å².